The molecular weight excluding hydrogens is 529 g/mol. The smallest absolute Gasteiger partial charge is 0.434 e. The number of halogens is 3. The molecule has 1 aliphatic carbocycles. The molecule has 0 unspecified atom stereocenters. The zero-order valence-corrected chi connectivity index (χ0v) is 22.1. The van der Waals surface area contributed by atoms with E-state index in [9.17, 15) is 13.2 Å². The Kier molecular flexibility index (Phi) is 6.21. The number of rotatable bonds is 7. The van der Waals surface area contributed by atoms with Crippen molar-refractivity contribution in [2.45, 2.75) is 38.5 Å². The van der Waals surface area contributed by atoms with Crippen molar-refractivity contribution in [2.75, 3.05) is 7.11 Å². The van der Waals surface area contributed by atoms with Crippen LogP contribution in [0.2, 0.25) is 0 Å². The summed E-state index contributed by atoms with van der Waals surface area (Å²) in [4.78, 5) is 22.2. The summed E-state index contributed by atoms with van der Waals surface area (Å²) in [7, 11) is 3.10. The lowest BCUT2D eigenvalue weighted by molar-refractivity contribution is -0.140. The number of alkyl halides is 3. The van der Waals surface area contributed by atoms with Crippen molar-refractivity contribution in [2.24, 2.45) is 7.05 Å². The molecule has 1 aliphatic rings. The second-order valence-electron chi connectivity index (χ2n) is 9.41. The first-order valence-corrected chi connectivity index (χ1v) is 13.1. The average molecular weight is 553 g/mol. The van der Waals surface area contributed by atoms with E-state index in [1.807, 2.05) is 12.3 Å². The van der Waals surface area contributed by atoms with Crippen LogP contribution in [-0.2, 0) is 19.8 Å². The highest BCUT2D eigenvalue weighted by atomic mass is 32.1. The predicted molar refractivity (Wildman–Crippen MR) is 140 cm³/mol. The molecule has 0 radical (unpaired) electrons. The summed E-state index contributed by atoms with van der Waals surface area (Å²) in [5.41, 5.74) is 3.82. The van der Waals surface area contributed by atoms with E-state index in [0.717, 1.165) is 46.1 Å². The largest absolute Gasteiger partial charge is 0.480 e. The van der Waals surface area contributed by atoms with Gasteiger partial charge < -0.3 is 14.0 Å². The van der Waals surface area contributed by atoms with E-state index in [4.69, 9.17) is 19.4 Å². The van der Waals surface area contributed by atoms with Crippen molar-refractivity contribution in [1.29, 1.82) is 0 Å². The Morgan fingerprint density at radius 1 is 1.05 bits per heavy atom. The van der Waals surface area contributed by atoms with Gasteiger partial charge >= 0.3 is 6.18 Å². The molecule has 8 nitrogen and oxygen atoms in total. The average Bonchev–Trinajstić information content (AvgIpc) is 3.60. The van der Waals surface area contributed by atoms with Crippen LogP contribution in [0, 0.1) is 6.92 Å². The Morgan fingerprint density at radius 3 is 2.49 bits per heavy atom. The highest BCUT2D eigenvalue weighted by Gasteiger charge is 2.35. The first-order chi connectivity index (χ1) is 18.7. The molecule has 1 fully saturated rings. The molecule has 0 amide bonds. The van der Waals surface area contributed by atoms with Crippen LogP contribution < -0.4 is 9.47 Å². The molecule has 0 bridgehead atoms. The lowest BCUT2D eigenvalue weighted by Gasteiger charge is -2.13. The quantitative estimate of drug-likeness (QED) is 0.233. The van der Waals surface area contributed by atoms with Crippen molar-refractivity contribution in [3.05, 3.63) is 64.7 Å². The number of ether oxygens (including phenoxy) is 2. The third-order valence-electron chi connectivity index (χ3n) is 6.54. The third kappa shape index (κ3) is 4.80. The number of nitrogens with zero attached hydrogens (tertiary/aromatic N) is 6. The molecular formula is C27H23F3N6O2S. The molecule has 4 heterocycles. The van der Waals surface area contributed by atoms with Gasteiger partial charge in [-0.3, -0.25) is 0 Å². The van der Waals surface area contributed by atoms with Crippen molar-refractivity contribution in [3.63, 3.8) is 0 Å². The SMILES string of the molecule is COc1ncnc(C2CC2)c1-c1nc(OCc2ccc(-c3nc(C(F)(F)F)cn3C)cc2)c2scc(C)c2n1. The van der Waals surface area contributed by atoms with Gasteiger partial charge in [-0.1, -0.05) is 24.3 Å². The Balaban J connectivity index is 1.30. The maximum Gasteiger partial charge on any atom is 0.434 e. The summed E-state index contributed by atoms with van der Waals surface area (Å²) in [6.45, 7) is 2.19. The van der Waals surface area contributed by atoms with E-state index in [0.29, 0.717) is 34.6 Å². The summed E-state index contributed by atoms with van der Waals surface area (Å²) >= 11 is 1.50. The van der Waals surface area contributed by atoms with Gasteiger partial charge in [0.05, 0.1) is 18.3 Å². The topological polar surface area (TPSA) is 87.8 Å². The standard InChI is InChI=1S/C27H23F3N6O2S/c1-14-12-39-22-20(14)34-23(19-21(16-8-9-16)31-13-32-25(19)37-3)35-26(22)38-11-15-4-6-17(7-5-15)24-33-18(10-36(24)2)27(28,29)30/h4-7,10,12-13,16H,8-9,11H2,1-3H3. The van der Waals surface area contributed by atoms with E-state index in [2.05, 4.69) is 15.0 Å². The highest BCUT2D eigenvalue weighted by Crippen LogP contribution is 2.45. The van der Waals surface area contributed by atoms with Crippen molar-refractivity contribution in [3.8, 4) is 34.5 Å². The number of thiophene rings is 1. The fourth-order valence-electron chi connectivity index (χ4n) is 4.40. The predicted octanol–water partition coefficient (Wildman–Crippen LogP) is 6.34. The maximum atomic E-state index is 13.1. The molecule has 0 atom stereocenters. The normalized spacial score (nSPS) is 13.7. The summed E-state index contributed by atoms with van der Waals surface area (Å²) in [5.74, 6) is 1.86. The number of aromatic nitrogens is 6. The summed E-state index contributed by atoms with van der Waals surface area (Å²) < 4.78 is 53.1. The van der Waals surface area contributed by atoms with Gasteiger partial charge in [0.25, 0.3) is 0 Å². The zero-order valence-electron chi connectivity index (χ0n) is 21.3. The van der Waals surface area contributed by atoms with Gasteiger partial charge in [0.2, 0.25) is 11.8 Å². The summed E-state index contributed by atoms with van der Waals surface area (Å²) in [5, 5.41) is 2.01. The lowest BCUT2D eigenvalue weighted by Crippen LogP contribution is -2.05. The molecule has 6 rings (SSSR count). The second kappa shape index (κ2) is 9.60. The number of hydrogen-bond acceptors (Lipinski definition) is 8. The van der Waals surface area contributed by atoms with Gasteiger partial charge in [-0.05, 0) is 36.3 Å². The van der Waals surface area contributed by atoms with Crippen molar-refractivity contribution in [1.82, 2.24) is 29.5 Å². The lowest BCUT2D eigenvalue weighted by atomic mass is 10.1. The minimum atomic E-state index is -4.50. The number of imidazole rings is 1. The number of fused-ring (bicyclic) bond motifs is 1. The molecule has 0 aliphatic heterocycles. The van der Waals surface area contributed by atoms with Crippen LogP contribution in [0.4, 0.5) is 13.2 Å². The van der Waals surface area contributed by atoms with Gasteiger partial charge in [0, 0.05) is 24.7 Å². The van der Waals surface area contributed by atoms with E-state index >= 15 is 0 Å². The first-order valence-electron chi connectivity index (χ1n) is 12.2. The second-order valence-corrected chi connectivity index (χ2v) is 10.3. The summed E-state index contributed by atoms with van der Waals surface area (Å²) in [6, 6.07) is 7.06. The highest BCUT2D eigenvalue weighted by molar-refractivity contribution is 7.17. The van der Waals surface area contributed by atoms with E-state index in [1.165, 1.54) is 29.3 Å². The Bertz CT molecular complexity index is 1680. The molecule has 39 heavy (non-hydrogen) atoms. The number of methoxy groups -OCH3 is 1. The van der Waals surface area contributed by atoms with Gasteiger partial charge in [-0.15, -0.1) is 11.3 Å². The van der Waals surface area contributed by atoms with Crippen LogP contribution in [-0.4, -0.2) is 36.6 Å². The molecule has 1 aromatic carbocycles. The molecule has 1 saturated carbocycles. The van der Waals surface area contributed by atoms with Gasteiger partial charge in [0.15, 0.2) is 11.5 Å². The molecule has 4 aromatic heterocycles. The molecule has 200 valence electrons. The van der Waals surface area contributed by atoms with Crippen molar-refractivity contribution < 1.29 is 22.6 Å². The molecule has 0 N–H and O–H groups in total. The monoisotopic (exact) mass is 552 g/mol. The van der Waals surface area contributed by atoms with E-state index < -0.39 is 11.9 Å². The Labute approximate surface area is 225 Å². The minimum absolute atomic E-state index is 0.203. The van der Waals surface area contributed by atoms with Crippen LogP contribution in [0.3, 0.4) is 0 Å². The molecule has 5 aromatic rings. The van der Waals surface area contributed by atoms with E-state index in [-0.39, 0.29) is 12.4 Å². The van der Waals surface area contributed by atoms with Crippen LogP contribution in [0.1, 0.15) is 41.3 Å². The summed E-state index contributed by atoms with van der Waals surface area (Å²) in [6.07, 6.45) is 0.0695. The Morgan fingerprint density at radius 2 is 1.82 bits per heavy atom. The molecule has 0 saturated heterocycles. The van der Waals surface area contributed by atoms with Crippen LogP contribution in [0.5, 0.6) is 11.8 Å². The van der Waals surface area contributed by atoms with Crippen LogP contribution >= 0.6 is 11.3 Å². The number of hydrogen-bond donors (Lipinski definition) is 0. The van der Waals surface area contributed by atoms with E-state index in [1.54, 1.807) is 31.4 Å². The van der Waals surface area contributed by atoms with Crippen LogP contribution in [0.25, 0.3) is 33.0 Å². The van der Waals surface area contributed by atoms with Gasteiger partial charge in [-0.2, -0.15) is 18.2 Å². The number of aryl methyl sites for hydroxylation is 2. The fraction of sp³-hybridized carbons (Fsp3) is 0.296. The first kappa shape index (κ1) is 25.2. The molecule has 12 heteroatoms. The van der Waals surface area contributed by atoms with Gasteiger partial charge in [-0.25, -0.2) is 19.9 Å². The van der Waals surface area contributed by atoms with Gasteiger partial charge in [0.1, 0.15) is 29.0 Å². The zero-order chi connectivity index (χ0) is 27.3. The third-order valence-corrected chi connectivity index (χ3v) is 7.61. The van der Waals surface area contributed by atoms with Crippen molar-refractivity contribution >= 4 is 21.6 Å². The fourth-order valence-corrected chi connectivity index (χ4v) is 5.33. The number of benzene rings is 1. The Hall–Kier alpha value is -4.06. The van der Waals surface area contributed by atoms with Crippen LogP contribution in [0.15, 0.2) is 42.2 Å². The molecule has 0 spiro atoms. The minimum Gasteiger partial charge on any atom is -0.480 e. The maximum absolute atomic E-state index is 13.1.